The lowest BCUT2D eigenvalue weighted by molar-refractivity contribution is 0.585. The third-order valence-electron chi connectivity index (χ3n) is 6.03. The minimum absolute atomic E-state index is 0.442. The minimum atomic E-state index is -1.01. The van der Waals surface area contributed by atoms with Crippen molar-refractivity contribution in [2.45, 2.75) is 63.2 Å². The van der Waals surface area contributed by atoms with Crippen LogP contribution in [0.4, 0.5) is 8.78 Å². The molecule has 0 radical (unpaired) electrons. The molecule has 1 saturated heterocycles. The first-order valence-corrected chi connectivity index (χ1v) is 13.2. The van der Waals surface area contributed by atoms with Crippen molar-refractivity contribution in [2.24, 2.45) is 0 Å². The van der Waals surface area contributed by atoms with Crippen molar-refractivity contribution in [3.05, 3.63) is 58.6 Å². The van der Waals surface area contributed by atoms with Gasteiger partial charge in [-0.1, -0.05) is 80.3 Å². The van der Waals surface area contributed by atoms with E-state index in [0.717, 1.165) is 5.56 Å². The Labute approximate surface area is 161 Å². The standard InChI is InChI=1S/C22H27ClF2Si/c1-3-4-11-26(2)12-9-18(10-13-26)16-5-7-17(8-6-16)19-14-20(24)22(23)21(25)15-19/h5-8,14-15,18H,3-4,9-13H2,1-2H3. The fourth-order valence-electron chi connectivity index (χ4n) is 4.17. The first kappa shape index (κ1) is 19.6. The predicted octanol–water partition coefficient (Wildman–Crippen LogP) is 8.04. The van der Waals surface area contributed by atoms with Crippen LogP contribution in [0.1, 0.15) is 44.1 Å². The highest BCUT2D eigenvalue weighted by Gasteiger charge is 2.32. The number of benzene rings is 2. The smallest absolute Gasteiger partial charge is 0.145 e. The van der Waals surface area contributed by atoms with Crippen molar-refractivity contribution in [1.29, 1.82) is 0 Å². The number of hydrogen-bond donors (Lipinski definition) is 0. The molecule has 0 amide bonds. The van der Waals surface area contributed by atoms with Gasteiger partial charge in [0, 0.05) is 0 Å². The molecule has 1 aliphatic rings. The van der Waals surface area contributed by atoms with Gasteiger partial charge in [0.25, 0.3) is 0 Å². The average Bonchev–Trinajstić information content (AvgIpc) is 2.65. The largest absolute Gasteiger partial charge is 0.205 e. The molecule has 1 heterocycles. The van der Waals surface area contributed by atoms with Crippen LogP contribution in [-0.2, 0) is 0 Å². The highest BCUT2D eigenvalue weighted by atomic mass is 35.5. The first-order chi connectivity index (χ1) is 12.4. The Bertz CT molecular complexity index is 726. The number of unbranched alkanes of at least 4 members (excludes halogenated alkanes) is 1. The predicted molar refractivity (Wildman–Crippen MR) is 110 cm³/mol. The monoisotopic (exact) mass is 392 g/mol. The molecule has 0 aliphatic carbocycles. The molecule has 2 aromatic carbocycles. The summed E-state index contributed by atoms with van der Waals surface area (Å²) in [5, 5.41) is -0.442. The SMILES string of the molecule is CCCC[Si]1(C)CCC(c2ccc(-c3cc(F)c(Cl)c(F)c3)cc2)CC1. The molecule has 26 heavy (non-hydrogen) atoms. The van der Waals surface area contributed by atoms with E-state index in [1.165, 1.54) is 61.5 Å². The Hall–Kier alpha value is -1.19. The maximum Gasteiger partial charge on any atom is 0.145 e. The van der Waals surface area contributed by atoms with Gasteiger partial charge in [0.2, 0.25) is 0 Å². The van der Waals surface area contributed by atoms with Gasteiger partial charge in [0.15, 0.2) is 0 Å². The highest BCUT2D eigenvalue weighted by molar-refractivity contribution is 6.78. The van der Waals surface area contributed by atoms with Crippen LogP contribution in [0.3, 0.4) is 0 Å². The van der Waals surface area contributed by atoms with Crippen LogP contribution < -0.4 is 0 Å². The Morgan fingerprint density at radius 1 is 1.00 bits per heavy atom. The van der Waals surface area contributed by atoms with Crippen LogP contribution in [0.2, 0.25) is 29.7 Å². The molecular weight excluding hydrogens is 366 g/mol. The number of hydrogen-bond acceptors (Lipinski definition) is 0. The fourth-order valence-corrected chi connectivity index (χ4v) is 8.33. The molecule has 2 aromatic rings. The van der Waals surface area contributed by atoms with E-state index in [-0.39, 0.29) is 0 Å². The number of rotatable bonds is 5. The second kappa shape index (κ2) is 8.22. The summed E-state index contributed by atoms with van der Waals surface area (Å²) in [6.45, 7) is 4.86. The lowest BCUT2D eigenvalue weighted by Crippen LogP contribution is -2.34. The van der Waals surface area contributed by atoms with E-state index in [4.69, 9.17) is 11.6 Å². The van der Waals surface area contributed by atoms with E-state index < -0.39 is 24.7 Å². The van der Waals surface area contributed by atoms with Crippen LogP contribution in [0.15, 0.2) is 36.4 Å². The Balaban J connectivity index is 1.69. The van der Waals surface area contributed by atoms with Gasteiger partial charge in [-0.2, -0.15) is 0 Å². The molecule has 0 spiro atoms. The molecule has 3 rings (SSSR count). The quantitative estimate of drug-likeness (QED) is 0.356. The number of halogens is 3. The summed E-state index contributed by atoms with van der Waals surface area (Å²) in [4.78, 5) is 0. The van der Waals surface area contributed by atoms with E-state index in [1.54, 1.807) is 0 Å². The van der Waals surface area contributed by atoms with Gasteiger partial charge in [-0.05, 0) is 47.6 Å². The lowest BCUT2D eigenvalue weighted by atomic mass is 9.92. The van der Waals surface area contributed by atoms with Gasteiger partial charge in [-0.15, -0.1) is 0 Å². The molecule has 140 valence electrons. The summed E-state index contributed by atoms with van der Waals surface area (Å²) >= 11 is 5.57. The maximum atomic E-state index is 13.7. The van der Waals surface area contributed by atoms with E-state index in [0.29, 0.717) is 11.5 Å². The summed E-state index contributed by atoms with van der Waals surface area (Å²) < 4.78 is 27.4. The van der Waals surface area contributed by atoms with E-state index >= 15 is 0 Å². The topological polar surface area (TPSA) is 0 Å². The summed E-state index contributed by atoms with van der Waals surface area (Å²) in [5.74, 6) is -0.798. The van der Waals surface area contributed by atoms with Crippen molar-refractivity contribution < 1.29 is 8.78 Å². The van der Waals surface area contributed by atoms with E-state index in [1.807, 2.05) is 12.1 Å². The minimum Gasteiger partial charge on any atom is -0.205 e. The molecule has 0 nitrogen and oxygen atoms in total. The van der Waals surface area contributed by atoms with Gasteiger partial charge in [-0.25, -0.2) is 8.78 Å². The molecular formula is C22H27ClF2Si. The van der Waals surface area contributed by atoms with Crippen molar-refractivity contribution in [1.82, 2.24) is 0 Å². The molecule has 0 saturated carbocycles. The second-order valence-corrected chi connectivity index (χ2v) is 13.6. The van der Waals surface area contributed by atoms with Gasteiger partial charge in [0.05, 0.1) is 8.07 Å². The lowest BCUT2D eigenvalue weighted by Gasteiger charge is -2.36. The molecule has 0 unspecified atom stereocenters. The van der Waals surface area contributed by atoms with Crippen LogP contribution >= 0.6 is 11.6 Å². The van der Waals surface area contributed by atoms with Crippen molar-refractivity contribution in [2.75, 3.05) is 0 Å². The van der Waals surface area contributed by atoms with Crippen molar-refractivity contribution in [3.63, 3.8) is 0 Å². The molecule has 0 bridgehead atoms. The van der Waals surface area contributed by atoms with Crippen LogP contribution in [-0.4, -0.2) is 8.07 Å². The molecule has 0 N–H and O–H groups in total. The molecule has 1 aliphatic heterocycles. The van der Waals surface area contributed by atoms with Crippen molar-refractivity contribution >= 4 is 19.7 Å². The van der Waals surface area contributed by atoms with Crippen molar-refractivity contribution in [3.8, 4) is 11.1 Å². The van der Waals surface area contributed by atoms with E-state index in [2.05, 4.69) is 25.6 Å². The molecule has 4 heteroatoms. The zero-order chi connectivity index (χ0) is 18.7. The zero-order valence-electron chi connectivity index (χ0n) is 15.6. The van der Waals surface area contributed by atoms with Crippen LogP contribution in [0.25, 0.3) is 11.1 Å². The summed E-state index contributed by atoms with van der Waals surface area (Å²) in [6.07, 6.45) is 5.27. The first-order valence-electron chi connectivity index (χ1n) is 9.67. The van der Waals surface area contributed by atoms with E-state index in [9.17, 15) is 8.78 Å². The van der Waals surface area contributed by atoms with Crippen LogP contribution in [0, 0.1) is 11.6 Å². The van der Waals surface area contributed by atoms with Gasteiger partial charge >= 0.3 is 0 Å². The summed E-state index contributed by atoms with van der Waals surface area (Å²) in [6, 6.07) is 15.1. The highest BCUT2D eigenvalue weighted by Crippen LogP contribution is 2.41. The third-order valence-corrected chi connectivity index (χ3v) is 10.9. The normalized spacial score (nSPS) is 23.2. The zero-order valence-corrected chi connectivity index (χ0v) is 17.4. The molecule has 0 atom stereocenters. The molecule has 1 fully saturated rings. The Morgan fingerprint density at radius 3 is 2.12 bits per heavy atom. The Kier molecular flexibility index (Phi) is 6.19. The summed E-state index contributed by atoms with van der Waals surface area (Å²) in [5.41, 5.74) is 2.70. The van der Waals surface area contributed by atoms with Crippen LogP contribution in [0.5, 0.6) is 0 Å². The third kappa shape index (κ3) is 4.37. The average molecular weight is 393 g/mol. The second-order valence-electron chi connectivity index (χ2n) is 8.06. The van der Waals surface area contributed by atoms with Gasteiger partial charge in [0.1, 0.15) is 16.7 Å². The maximum absolute atomic E-state index is 13.7. The molecule has 0 aromatic heterocycles. The van der Waals surface area contributed by atoms with Gasteiger partial charge < -0.3 is 0 Å². The Morgan fingerprint density at radius 2 is 1.58 bits per heavy atom. The van der Waals surface area contributed by atoms with Gasteiger partial charge in [-0.3, -0.25) is 0 Å². The fraction of sp³-hybridized carbons (Fsp3) is 0.455. The summed E-state index contributed by atoms with van der Waals surface area (Å²) in [7, 11) is -1.01.